The highest BCUT2D eigenvalue weighted by molar-refractivity contribution is 6.30. The van der Waals surface area contributed by atoms with E-state index in [0.717, 1.165) is 41.9 Å². The first kappa shape index (κ1) is 31.2. The molecule has 0 radical (unpaired) electrons. The van der Waals surface area contributed by atoms with Crippen LogP contribution in [0.2, 0.25) is 5.02 Å². The lowest BCUT2D eigenvalue weighted by Gasteiger charge is -2.40. The van der Waals surface area contributed by atoms with Crippen LogP contribution < -0.4 is 15.4 Å². The molecule has 3 heterocycles. The van der Waals surface area contributed by atoms with E-state index < -0.39 is 11.5 Å². The number of benzene rings is 1. The number of ether oxygens (including phenoxy) is 1. The molecule has 2 fully saturated rings. The molecule has 238 valence electrons. The maximum Gasteiger partial charge on any atom is 0.328 e. The van der Waals surface area contributed by atoms with Crippen LogP contribution in [0, 0.1) is 0 Å². The number of aliphatic carboxylic acids is 1. The summed E-state index contributed by atoms with van der Waals surface area (Å²) in [6, 6.07) is 7.27. The number of hydrogen-bond donors (Lipinski definition) is 3. The van der Waals surface area contributed by atoms with E-state index in [1.54, 1.807) is 25.4 Å². The summed E-state index contributed by atoms with van der Waals surface area (Å²) in [5, 5.41) is 16.4. The average Bonchev–Trinajstić information content (AvgIpc) is 3.65. The summed E-state index contributed by atoms with van der Waals surface area (Å²) in [6.07, 6.45) is 13.2. The minimum atomic E-state index is -1.11. The normalized spacial score (nSPS) is 16.0. The van der Waals surface area contributed by atoms with E-state index in [9.17, 15) is 14.4 Å². The fraction of sp³-hybridized carbons (Fsp3) is 0.353. The van der Waals surface area contributed by atoms with E-state index in [0.29, 0.717) is 58.9 Å². The van der Waals surface area contributed by atoms with E-state index in [-0.39, 0.29) is 11.8 Å². The van der Waals surface area contributed by atoms with E-state index in [1.807, 2.05) is 29.8 Å². The highest BCUT2D eigenvalue weighted by Gasteiger charge is 2.45. The number of carbonyl (C=O) groups is 3. The van der Waals surface area contributed by atoms with Crippen LogP contribution in [0.5, 0.6) is 5.75 Å². The molecule has 12 heteroatoms. The highest BCUT2D eigenvalue weighted by Crippen LogP contribution is 2.44. The third-order valence-corrected chi connectivity index (χ3v) is 9.11. The van der Waals surface area contributed by atoms with Gasteiger partial charge in [0.05, 0.1) is 29.2 Å². The molecule has 4 aromatic rings. The summed E-state index contributed by atoms with van der Waals surface area (Å²) in [6.45, 7) is 2.12. The third-order valence-electron chi connectivity index (χ3n) is 8.92. The molecule has 0 unspecified atom stereocenters. The fourth-order valence-corrected chi connectivity index (χ4v) is 6.59. The van der Waals surface area contributed by atoms with Gasteiger partial charge in [-0.2, -0.15) is 0 Å². The molecule has 6 rings (SSSR count). The molecule has 0 bridgehead atoms. The molecule has 2 aliphatic rings. The number of carbonyl (C=O) groups excluding carboxylic acids is 2. The fourth-order valence-electron chi connectivity index (χ4n) is 6.49. The van der Waals surface area contributed by atoms with E-state index >= 15 is 0 Å². The van der Waals surface area contributed by atoms with Gasteiger partial charge in [0.2, 0.25) is 5.91 Å². The van der Waals surface area contributed by atoms with Crippen LogP contribution in [-0.4, -0.2) is 54.6 Å². The molecule has 0 saturated heterocycles. The van der Waals surface area contributed by atoms with Gasteiger partial charge >= 0.3 is 5.97 Å². The quantitative estimate of drug-likeness (QED) is 0.175. The zero-order valence-electron chi connectivity index (χ0n) is 25.7. The zero-order valence-corrected chi connectivity index (χ0v) is 26.4. The second kappa shape index (κ2) is 12.9. The smallest absolute Gasteiger partial charge is 0.328 e. The van der Waals surface area contributed by atoms with Crippen LogP contribution in [0.15, 0.2) is 48.9 Å². The Kier molecular flexibility index (Phi) is 8.77. The van der Waals surface area contributed by atoms with Gasteiger partial charge in [0.25, 0.3) is 5.91 Å². The van der Waals surface area contributed by atoms with Crippen LogP contribution in [0.1, 0.15) is 79.4 Å². The van der Waals surface area contributed by atoms with Gasteiger partial charge in [-0.05, 0) is 68.7 Å². The van der Waals surface area contributed by atoms with Gasteiger partial charge in [0.1, 0.15) is 17.0 Å². The van der Waals surface area contributed by atoms with Gasteiger partial charge < -0.3 is 25.0 Å². The Hall–Kier alpha value is -4.77. The number of fused-ring (bicyclic) bond motifs is 1. The predicted molar refractivity (Wildman–Crippen MR) is 175 cm³/mol. The van der Waals surface area contributed by atoms with Crippen LogP contribution in [0.25, 0.3) is 28.5 Å². The number of nitrogens with zero attached hydrogens (tertiary/aromatic N) is 4. The number of anilines is 1. The SMILES string of the molecule is CCOc1cc(NC(=O)C2(NC(=O)c3ccc4c(C5CCCC5)c(-c5ncc(Cl)cn5)n(C)c4c3)CCC2)cnc1/C=C/C(=O)O. The van der Waals surface area contributed by atoms with Gasteiger partial charge in [0, 0.05) is 48.1 Å². The minimum Gasteiger partial charge on any atom is -0.492 e. The number of aryl methyl sites for hydroxylation is 1. The second-order valence-electron chi connectivity index (χ2n) is 11.8. The van der Waals surface area contributed by atoms with Gasteiger partial charge in [-0.25, -0.2) is 14.8 Å². The number of carboxylic acids is 1. The van der Waals surface area contributed by atoms with Gasteiger partial charge in [-0.3, -0.25) is 14.6 Å². The molecule has 2 saturated carbocycles. The standard InChI is InChI=1S/C34H35ClN6O5/c1-3-46-27-16-23(19-36-25(27)11-12-28(42)43)39-33(45)34(13-6-14-34)40-32(44)21-9-10-24-26(15-21)41(2)30(29(24)20-7-4-5-8-20)31-37-17-22(35)18-38-31/h9-12,15-20H,3-8,13-14H2,1-2H3,(H,39,45)(H,40,44)(H,42,43)/b12-11+. The summed E-state index contributed by atoms with van der Waals surface area (Å²) in [5.41, 5.74) is 3.09. The molecule has 3 aromatic heterocycles. The molecule has 0 aliphatic heterocycles. The maximum absolute atomic E-state index is 13.7. The van der Waals surface area contributed by atoms with Crippen LogP contribution in [0.3, 0.4) is 0 Å². The van der Waals surface area contributed by atoms with Crippen molar-refractivity contribution in [1.82, 2.24) is 24.8 Å². The average molecular weight is 643 g/mol. The first-order valence-electron chi connectivity index (χ1n) is 15.5. The Balaban J connectivity index is 1.26. The maximum atomic E-state index is 13.7. The Bertz CT molecular complexity index is 1840. The van der Waals surface area contributed by atoms with Crippen LogP contribution in [0.4, 0.5) is 5.69 Å². The highest BCUT2D eigenvalue weighted by atomic mass is 35.5. The van der Waals surface area contributed by atoms with Gasteiger partial charge in [-0.15, -0.1) is 0 Å². The number of rotatable bonds is 10. The molecule has 1 aromatic carbocycles. The molecule has 2 amide bonds. The number of aromatic nitrogens is 4. The Morgan fingerprint density at radius 1 is 1.09 bits per heavy atom. The van der Waals surface area contributed by atoms with Gasteiger partial charge in [0.15, 0.2) is 5.82 Å². The van der Waals surface area contributed by atoms with E-state index in [2.05, 4.69) is 25.6 Å². The van der Waals surface area contributed by atoms with Crippen LogP contribution in [-0.2, 0) is 16.6 Å². The van der Waals surface area contributed by atoms with Crippen molar-refractivity contribution in [3.8, 4) is 17.3 Å². The Labute approximate surface area is 271 Å². The lowest BCUT2D eigenvalue weighted by atomic mass is 9.75. The van der Waals surface area contributed by atoms with Crippen molar-refractivity contribution in [2.45, 2.75) is 63.3 Å². The van der Waals surface area contributed by atoms with E-state index in [4.69, 9.17) is 21.4 Å². The minimum absolute atomic E-state index is 0.326. The van der Waals surface area contributed by atoms with Gasteiger partial charge in [-0.1, -0.05) is 30.5 Å². The molecule has 46 heavy (non-hydrogen) atoms. The molecule has 0 atom stereocenters. The van der Waals surface area contributed by atoms with E-state index in [1.165, 1.54) is 30.7 Å². The summed E-state index contributed by atoms with van der Waals surface area (Å²) in [5.74, 6) is -0.502. The first-order chi connectivity index (χ1) is 22.2. The third kappa shape index (κ3) is 6.06. The molecule has 11 nitrogen and oxygen atoms in total. The Morgan fingerprint density at radius 3 is 2.48 bits per heavy atom. The zero-order chi connectivity index (χ0) is 32.4. The van der Waals surface area contributed by atoms with Crippen molar-refractivity contribution in [2.75, 3.05) is 11.9 Å². The molecular weight excluding hydrogens is 608 g/mol. The van der Waals surface area contributed by atoms with Crippen molar-refractivity contribution >= 4 is 52.1 Å². The number of pyridine rings is 1. The molecular formula is C34H35ClN6O5. The first-order valence-corrected chi connectivity index (χ1v) is 15.8. The van der Waals surface area contributed by atoms with Crippen molar-refractivity contribution in [3.05, 3.63) is 70.8 Å². The predicted octanol–water partition coefficient (Wildman–Crippen LogP) is 6.13. The molecule has 2 aliphatic carbocycles. The summed E-state index contributed by atoms with van der Waals surface area (Å²) in [7, 11) is 1.96. The summed E-state index contributed by atoms with van der Waals surface area (Å²) < 4.78 is 7.67. The lowest BCUT2D eigenvalue weighted by molar-refractivity contribution is -0.131. The van der Waals surface area contributed by atoms with Crippen molar-refractivity contribution in [2.24, 2.45) is 7.05 Å². The second-order valence-corrected chi connectivity index (χ2v) is 12.3. The summed E-state index contributed by atoms with van der Waals surface area (Å²) >= 11 is 6.09. The largest absolute Gasteiger partial charge is 0.492 e. The topological polar surface area (TPSA) is 148 Å². The van der Waals surface area contributed by atoms with Crippen molar-refractivity contribution in [3.63, 3.8) is 0 Å². The monoisotopic (exact) mass is 642 g/mol. The van der Waals surface area contributed by atoms with Crippen molar-refractivity contribution in [1.29, 1.82) is 0 Å². The lowest BCUT2D eigenvalue weighted by Crippen LogP contribution is -2.61. The Morgan fingerprint density at radius 2 is 1.83 bits per heavy atom. The number of hydrogen-bond acceptors (Lipinski definition) is 7. The number of halogens is 1. The number of nitrogens with one attached hydrogen (secondary N) is 2. The number of amides is 2. The number of carboxylic acid groups (broad SMARTS) is 1. The van der Waals surface area contributed by atoms with Crippen LogP contribution >= 0.6 is 11.6 Å². The van der Waals surface area contributed by atoms with Crippen molar-refractivity contribution < 1.29 is 24.2 Å². The molecule has 0 spiro atoms. The summed E-state index contributed by atoms with van der Waals surface area (Å²) in [4.78, 5) is 51.6. The molecule has 3 N–H and O–H groups in total.